The first-order valence-corrected chi connectivity index (χ1v) is 9.41. The molecule has 2 bridgehead atoms. The Hall–Kier alpha value is -0.850. The summed E-state index contributed by atoms with van der Waals surface area (Å²) < 4.78 is 11.0. The van der Waals surface area contributed by atoms with Crippen LogP contribution in [0.5, 0.6) is 0 Å². The summed E-state index contributed by atoms with van der Waals surface area (Å²) in [5, 5.41) is 3.72. The maximum Gasteiger partial charge on any atom is 0.320 e. The summed E-state index contributed by atoms with van der Waals surface area (Å²) in [5.41, 5.74) is -0.0942. The standard InChI is InChI=1S/C18H31N3O3/c1-13(2)21-16(22)20(8-17(3)10-23-12-24-11-17)9-18(21)6-14-4-5-15(7-18)19-14/h13-15,19H,4-12H2,1-3H3. The molecule has 0 saturated carbocycles. The van der Waals surface area contributed by atoms with Gasteiger partial charge in [-0.25, -0.2) is 4.79 Å². The van der Waals surface area contributed by atoms with E-state index in [1.165, 1.54) is 12.8 Å². The van der Waals surface area contributed by atoms with Gasteiger partial charge in [-0.2, -0.15) is 0 Å². The smallest absolute Gasteiger partial charge is 0.320 e. The molecule has 0 aromatic heterocycles. The maximum absolute atomic E-state index is 13.2. The number of fused-ring (bicyclic) bond motifs is 2. The van der Waals surface area contributed by atoms with Crippen molar-refractivity contribution in [2.75, 3.05) is 33.1 Å². The summed E-state index contributed by atoms with van der Waals surface area (Å²) >= 11 is 0. The van der Waals surface area contributed by atoms with Gasteiger partial charge in [0, 0.05) is 36.6 Å². The first kappa shape index (κ1) is 16.6. The van der Waals surface area contributed by atoms with Crippen LogP contribution in [-0.4, -0.2) is 72.6 Å². The van der Waals surface area contributed by atoms with Crippen molar-refractivity contribution in [3.05, 3.63) is 0 Å². The fourth-order valence-electron chi connectivity index (χ4n) is 5.53. The van der Waals surface area contributed by atoms with E-state index in [2.05, 4.69) is 35.9 Å². The monoisotopic (exact) mass is 337 g/mol. The highest BCUT2D eigenvalue weighted by Crippen LogP contribution is 2.44. The predicted molar refractivity (Wildman–Crippen MR) is 90.7 cm³/mol. The van der Waals surface area contributed by atoms with E-state index in [-0.39, 0.29) is 23.0 Å². The van der Waals surface area contributed by atoms with E-state index in [0.717, 1.165) is 25.9 Å². The number of hydrogen-bond donors (Lipinski definition) is 1. The molecule has 4 saturated heterocycles. The van der Waals surface area contributed by atoms with Gasteiger partial charge in [-0.15, -0.1) is 0 Å². The molecule has 0 aliphatic carbocycles. The van der Waals surface area contributed by atoms with E-state index < -0.39 is 0 Å². The molecule has 136 valence electrons. The minimum Gasteiger partial charge on any atom is -0.355 e. The number of nitrogens with one attached hydrogen (secondary N) is 1. The Morgan fingerprint density at radius 3 is 2.42 bits per heavy atom. The lowest BCUT2D eigenvalue weighted by Crippen LogP contribution is -2.59. The Kier molecular flexibility index (Phi) is 4.05. The third kappa shape index (κ3) is 2.72. The van der Waals surface area contributed by atoms with Gasteiger partial charge in [0.2, 0.25) is 0 Å². The van der Waals surface area contributed by atoms with Crippen LogP contribution in [-0.2, 0) is 9.47 Å². The second-order valence-corrected chi connectivity index (χ2v) is 9.00. The minimum atomic E-state index is -0.103. The number of ether oxygens (including phenoxy) is 2. The van der Waals surface area contributed by atoms with Gasteiger partial charge in [0.1, 0.15) is 6.79 Å². The van der Waals surface area contributed by atoms with Gasteiger partial charge in [0.05, 0.1) is 18.8 Å². The van der Waals surface area contributed by atoms with E-state index in [4.69, 9.17) is 9.47 Å². The zero-order valence-electron chi connectivity index (χ0n) is 15.2. The van der Waals surface area contributed by atoms with Crippen LogP contribution < -0.4 is 5.32 Å². The molecular weight excluding hydrogens is 306 g/mol. The SMILES string of the molecule is CC(C)N1C(=O)N(CC2(C)COCOC2)CC12CC1CCC(C2)N1. The molecule has 6 heteroatoms. The number of rotatable bonds is 3. The largest absolute Gasteiger partial charge is 0.355 e. The van der Waals surface area contributed by atoms with Crippen LogP contribution in [0.4, 0.5) is 4.79 Å². The zero-order chi connectivity index (χ0) is 16.9. The lowest BCUT2D eigenvalue weighted by molar-refractivity contribution is -0.162. The Morgan fingerprint density at radius 1 is 1.21 bits per heavy atom. The van der Waals surface area contributed by atoms with Gasteiger partial charge in [-0.3, -0.25) is 0 Å². The van der Waals surface area contributed by atoms with Crippen molar-refractivity contribution in [3.8, 4) is 0 Å². The fraction of sp³-hybridized carbons (Fsp3) is 0.944. The number of piperidine rings is 1. The lowest BCUT2D eigenvalue weighted by Gasteiger charge is -2.45. The third-order valence-corrected chi connectivity index (χ3v) is 6.22. The van der Waals surface area contributed by atoms with Crippen molar-refractivity contribution in [1.29, 1.82) is 0 Å². The van der Waals surface area contributed by atoms with E-state index in [9.17, 15) is 4.79 Å². The molecule has 1 N–H and O–H groups in total. The summed E-state index contributed by atoms with van der Waals surface area (Å²) in [7, 11) is 0. The van der Waals surface area contributed by atoms with E-state index in [1.54, 1.807) is 0 Å². The van der Waals surface area contributed by atoms with Crippen LogP contribution in [0.25, 0.3) is 0 Å². The number of hydrogen-bond acceptors (Lipinski definition) is 4. The molecule has 0 radical (unpaired) electrons. The summed E-state index contributed by atoms with van der Waals surface area (Å²) in [4.78, 5) is 17.5. The molecule has 0 aromatic carbocycles. The molecule has 1 spiro atoms. The highest BCUT2D eigenvalue weighted by Gasteiger charge is 2.56. The number of carbonyl (C=O) groups excluding carboxylic acids is 1. The summed E-state index contributed by atoms with van der Waals surface area (Å²) in [5.74, 6) is 0. The van der Waals surface area contributed by atoms with Gasteiger partial charge in [0.15, 0.2) is 0 Å². The van der Waals surface area contributed by atoms with E-state index in [0.29, 0.717) is 32.1 Å². The van der Waals surface area contributed by atoms with E-state index >= 15 is 0 Å². The topological polar surface area (TPSA) is 54.0 Å². The van der Waals surface area contributed by atoms with Gasteiger partial charge in [-0.05, 0) is 39.5 Å². The average molecular weight is 337 g/mol. The Balaban J connectivity index is 1.56. The molecule has 2 amide bonds. The molecule has 4 fully saturated rings. The van der Waals surface area contributed by atoms with Crippen molar-refractivity contribution in [1.82, 2.24) is 15.1 Å². The Bertz CT molecular complexity index is 492. The molecular formula is C18H31N3O3. The molecule has 0 aromatic rings. The zero-order valence-corrected chi connectivity index (χ0v) is 15.2. The Labute approximate surface area is 144 Å². The van der Waals surface area contributed by atoms with Crippen LogP contribution in [0.15, 0.2) is 0 Å². The van der Waals surface area contributed by atoms with Crippen molar-refractivity contribution in [2.24, 2.45) is 5.41 Å². The van der Waals surface area contributed by atoms with Crippen LogP contribution in [0.2, 0.25) is 0 Å². The van der Waals surface area contributed by atoms with Crippen molar-refractivity contribution < 1.29 is 14.3 Å². The summed E-state index contributed by atoms with van der Waals surface area (Å²) in [6.07, 6.45) is 4.69. The van der Waals surface area contributed by atoms with Crippen molar-refractivity contribution >= 4 is 6.03 Å². The van der Waals surface area contributed by atoms with Gasteiger partial charge in [-0.1, -0.05) is 6.92 Å². The molecule has 2 atom stereocenters. The van der Waals surface area contributed by atoms with Crippen LogP contribution in [0.3, 0.4) is 0 Å². The number of nitrogens with zero attached hydrogens (tertiary/aromatic N) is 2. The Morgan fingerprint density at radius 2 is 1.83 bits per heavy atom. The van der Waals surface area contributed by atoms with Crippen LogP contribution in [0, 0.1) is 5.41 Å². The molecule has 4 heterocycles. The quantitative estimate of drug-likeness (QED) is 0.853. The predicted octanol–water partition coefficient (Wildman–Crippen LogP) is 1.80. The number of amides is 2. The summed E-state index contributed by atoms with van der Waals surface area (Å²) in [6, 6.07) is 1.61. The molecule has 4 aliphatic heterocycles. The van der Waals surface area contributed by atoms with Crippen molar-refractivity contribution in [3.63, 3.8) is 0 Å². The number of carbonyl (C=O) groups is 1. The fourth-order valence-corrected chi connectivity index (χ4v) is 5.53. The van der Waals surface area contributed by atoms with Gasteiger partial charge in [0.25, 0.3) is 0 Å². The third-order valence-electron chi connectivity index (χ3n) is 6.22. The highest BCUT2D eigenvalue weighted by atomic mass is 16.7. The van der Waals surface area contributed by atoms with E-state index in [1.807, 2.05) is 0 Å². The van der Waals surface area contributed by atoms with Crippen LogP contribution >= 0.6 is 0 Å². The molecule has 24 heavy (non-hydrogen) atoms. The van der Waals surface area contributed by atoms with Crippen molar-refractivity contribution in [2.45, 2.75) is 70.1 Å². The van der Waals surface area contributed by atoms with Gasteiger partial charge >= 0.3 is 6.03 Å². The second-order valence-electron chi connectivity index (χ2n) is 9.00. The first-order valence-electron chi connectivity index (χ1n) is 9.41. The first-order chi connectivity index (χ1) is 11.4. The lowest BCUT2D eigenvalue weighted by atomic mass is 9.82. The maximum atomic E-state index is 13.2. The van der Waals surface area contributed by atoms with Crippen LogP contribution in [0.1, 0.15) is 46.5 Å². The molecule has 4 rings (SSSR count). The average Bonchev–Trinajstić information content (AvgIpc) is 2.97. The highest BCUT2D eigenvalue weighted by molar-refractivity contribution is 5.78. The normalized spacial score (nSPS) is 38.6. The van der Waals surface area contributed by atoms with Gasteiger partial charge < -0.3 is 24.6 Å². The number of urea groups is 1. The summed E-state index contributed by atoms with van der Waals surface area (Å²) in [6.45, 7) is 9.75. The molecule has 4 aliphatic rings. The second kappa shape index (κ2) is 5.85. The molecule has 6 nitrogen and oxygen atoms in total. The minimum absolute atomic E-state index is 0.00900. The molecule has 2 unspecified atom stereocenters.